The number of halogens is 2. The molecule has 0 spiro atoms. The highest BCUT2D eigenvalue weighted by atomic mass is 79.9. The Kier molecular flexibility index (Phi) is 5.12. The molecule has 1 heterocycles. The van der Waals surface area contributed by atoms with Crippen LogP contribution in [0.15, 0.2) is 46.9 Å². The molecule has 0 radical (unpaired) electrons. The predicted octanol–water partition coefficient (Wildman–Crippen LogP) is 6.53. The summed E-state index contributed by atoms with van der Waals surface area (Å²) in [6.45, 7) is 5.65. The van der Waals surface area contributed by atoms with Gasteiger partial charge in [0.25, 0.3) is 0 Å². The first kappa shape index (κ1) is 18.3. The van der Waals surface area contributed by atoms with Crippen LogP contribution in [0.25, 0.3) is 0 Å². The fourth-order valence-electron chi connectivity index (χ4n) is 3.10. The SMILES string of the molecule is CC(C)(C)OC(=O)N1c2cc(Br)ccc2CCC1c1ccc(Cl)cc1. The van der Waals surface area contributed by atoms with E-state index in [1.54, 1.807) is 4.90 Å². The number of nitrogens with zero attached hydrogens (tertiary/aromatic N) is 1. The Balaban J connectivity index is 2.05. The van der Waals surface area contributed by atoms with E-state index < -0.39 is 5.60 Å². The number of ether oxygens (including phenoxy) is 1. The monoisotopic (exact) mass is 421 g/mol. The molecule has 1 amide bonds. The molecular weight excluding hydrogens is 402 g/mol. The van der Waals surface area contributed by atoms with E-state index >= 15 is 0 Å². The molecule has 3 nitrogen and oxygen atoms in total. The quantitative estimate of drug-likeness (QED) is 0.523. The highest BCUT2D eigenvalue weighted by molar-refractivity contribution is 9.10. The van der Waals surface area contributed by atoms with Gasteiger partial charge in [-0.15, -0.1) is 0 Å². The lowest BCUT2D eigenvalue weighted by atomic mass is 9.91. The normalized spacial score (nSPS) is 17.2. The molecule has 0 fully saturated rings. The maximum atomic E-state index is 13.0. The topological polar surface area (TPSA) is 29.5 Å². The molecule has 0 bridgehead atoms. The van der Waals surface area contributed by atoms with Crippen LogP contribution in [0.3, 0.4) is 0 Å². The summed E-state index contributed by atoms with van der Waals surface area (Å²) >= 11 is 9.54. The standard InChI is InChI=1S/C20H21BrClNO2/c1-20(2,3)25-19(24)23-17(13-5-9-16(22)10-6-13)11-7-14-4-8-15(21)12-18(14)23/h4-6,8-10,12,17H,7,11H2,1-3H3. The van der Waals surface area contributed by atoms with E-state index in [0.29, 0.717) is 5.02 Å². The third kappa shape index (κ3) is 4.18. The van der Waals surface area contributed by atoms with E-state index in [0.717, 1.165) is 34.1 Å². The average molecular weight is 423 g/mol. The molecule has 3 rings (SSSR count). The minimum Gasteiger partial charge on any atom is -0.443 e. The van der Waals surface area contributed by atoms with Crippen LogP contribution in [0.4, 0.5) is 10.5 Å². The number of carbonyl (C=O) groups excluding carboxylic acids is 1. The Morgan fingerprint density at radius 3 is 2.52 bits per heavy atom. The Labute approximate surface area is 162 Å². The second-order valence-corrected chi connectivity index (χ2v) is 8.58. The predicted molar refractivity (Wildman–Crippen MR) is 105 cm³/mol. The highest BCUT2D eigenvalue weighted by Gasteiger charge is 2.35. The maximum absolute atomic E-state index is 13.0. The molecule has 0 saturated carbocycles. The zero-order valence-corrected chi connectivity index (χ0v) is 16.9. The zero-order chi connectivity index (χ0) is 18.2. The number of rotatable bonds is 1. The lowest BCUT2D eigenvalue weighted by molar-refractivity contribution is 0.0560. The van der Waals surface area contributed by atoms with Gasteiger partial charge in [-0.3, -0.25) is 4.90 Å². The molecule has 1 aliphatic heterocycles. The molecule has 1 unspecified atom stereocenters. The molecule has 0 saturated heterocycles. The molecule has 25 heavy (non-hydrogen) atoms. The number of fused-ring (bicyclic) bond motifs is 1. The van der Waals surface area contributed by atoms with Crippen molar-refractivity contribution in [2.75, 3.05) is 4.90 Å². The number of anilines is 1. The van der Waals surface area contributed by atoms with Crippen LogP contribution < -0.4 is 4.90 Å². The summed E-state index contributed by atoms with van der Waals surface area (Å²) in [7, 11) is 0. The van der Waals surface area contributed by atoms with E-state index in [-0.39, 0.29) is 12.1 Å². The summed E-state index contributed by atoms with van der Waals surface area (Å²) in [5.41, 5.74) is 2.56. The van der Waals surface area contributed by atoms with E-state index in [9.17, 15) is 4.79 Å². The van der Waals surface area contributed by atoms with Crippen molar-refractivity contribution in [1.29, 1.82) is 0 Å². The first-order valence-electron chi connectivity index (χ1n) is 8.31. The van der Waals surface area contributed by atoms with E-state index in [1.807, 2.05) is 57.2 Å². The van der Waals surface area contributed by atoms with Gasteiger partial charge in [0.05, 0.1) is 11.7 Å². The molecule has 0 aromatic heterocycles. The van der Waals surface area contributed by atoms with E-state index in [2.05, 4.69) is 22.0 Å². The Hall–Kier alpha value is -1.52. The van der Waals surface area contributed by atoms with Crippen LogP contribution >= 0.6 is 27.5 Å². The molecule has 0 aliphatic carbocycles. The molecule has 0 N–H and O–H groups in total. The molecule has 1 aliphatic rings. The summed E-state index contributed by atoms with van der Waals surface area (Å²) in [5, 5.41) is 0.687. The maximum Gasteiger partial charge on any atom is 0.415 e. The summed E-state index contributed by atoms with van der Waals surface area (Å²) in [5.74, 6) is 0. The zero-order valence-electron chi connectivity index (χ0n) is 14.6. The number of amides is 1. The average Bonchev–Trinajstić information content (AvgIpc) is 2.52. The van der Waals surface area contributed by atoms with Gasteiger partial charge in [0.2, 0.25) is 0 Å². The molecule has 132 valence electrons. The second-order valence-electron chi connectivity index (χ2n) is 7.23. The van der Waals surface area contributed by atoms with Crippen LogP contribution in [-0.4, -0.2) is 11.7 Å². The van der Waals surface area contributed by atoms with Crippen molar-refractivity contribution in [3.05, 3.63) is 63.1 Å². The number of benzene rings is 2. The summed E-state index contributed by atoms with van der Waals surface area (Å²) < 4.78 is 6.64. The van der Waals surface area contributed by atoms with Gasteiger partial charge in [-0.1, -0.05) is 45.7 Å². The molecule has 5 heteroatoms. The van der Waals surface area contributed by atoms with Crippen molar-refractivity contribution >= 4 is 39.3 Å². The number of hydrogen-bond acceptors (Lipinski definition) is 2. The van der Waals surface area contributed by atoms with Gasteiger partial charge in [0.1, 0.15) is 5.60 Å². The van der Waals surface area contributed by atoms with Gasteiger partial charge >= 0.3 is 6.09 Å². The summed E-state index contributed by atoms with van der Waals surface area (Å²) in [6.07, 6.45) is 1.43. The van der Waals surface area contributed by atoms with Crippen LogP contribution in [0.1, 0.15) is 44.4 Å². The fourth-order valence-corrected chi connectivity index (χ4v) is 3.57. The molecular formula is C20H21BrClNO2. The highest BCUT2D eigenvalue weighted by Crippen LogP contribution is 2.41. The molecule has 1 atom stereocenters. The van der Waals surface area contributed by atoms with Gasteiger partial charge in [0, 0.05) is 9.50 Å². The van der Waals surface area contributed by atoms with Crippen molar-refractivity contribution in [3.63, 3.8) is 0 Å². The Morgan fingerprint density at radius 2 is 1.88 bits per heavy atom. The number of carbonyl (C=O) groups is 1. The van der Waals surface area contributed by atoms with Crippen molar-refractivity contribution in [3.8, 4) is 0 Å². The van der Waals surface area contributed by atoms with Crippen LogP contribution in [0.5, 0.6) is 0 Å². The third-order valence-electron chi connectivity index (χ3n) is 4.15. The lowest BCUT2D eigenvalue weighted by Crippen LogP contribution is -2.42. The largest absolute Gasteiger partial charge is 0.443 e. The van der Waals surface area contributed by atoms with Gasteiger partial charge in [0.15, 0.2) is 0 Å². The van der Waals surface area contributed by atoms with Crippen molar-refractivity contribution < 1.29 is 9.53 Å². The fraction of sp³-hybridized carbons (Fsp3) is 0.350. The van der Waals surface area contributed by atoms with E-state index in [4.69, 9.17) is 16.3 Å². The smallest absolute Gasteiger partial charge is 0.415 e. The van der Waals surface area contributed by atoms with Gasteiger partial charge in [-0.05, 0) is 69.0 Å². The third-order valence-corrected chi connectivity index (χ3v) is 4.90. The molecule has 2 aromatic rings. The van der Waals surface area contributed by atoms with Crippen molar-refractivity contribution in [2.45, 2.75) is 45.3 Å². The first-order chi connectivity index (χ1) is 11.7. The minimum absolute atomic E-state index is 0.0751. The van der Waals surface area contributed by atoms with Crippen LogP contribution in [-0.2, 0) is 11.2 Å². The number of hydrogen-bond donors (Lipinski definition) is 0. The van der Waals surface area contributed by atoms with Gasteiger partial charge < -0.3 is 4.74 Å². The second kappa shape index (κ2) is 7.00. The lowest BCUT2D eigenvalue weighted by Gasteiger charge is -2.38. The van der Waals surface area contributed by atoms with Crippen molar-refractivity contribution in [2.24, 2.45) is 0 Å². The number of aryl methyl sites for hydroxylation is 1. The van der Waals surface area contributed by atoms with Gasteiger partial charge in [-0.25, -0.2) is 4.79 Å². The minimum atomic E-state index is -0.550. The summed E-state index contributed by atoms with van der Waals surface area (Å²) in [4.78, 5) is 14.8. The van der Waals surface area contributed by atoms with E-state index in [1.165, 1.54) is 0 Å². The van der Waals surface area contributed by atoms with Gasteiger partial charge in [-0.2, -0.15) is 0 Å². The first-order valence-corrected chi connectivity index (χ1v) is 9.48. The van der Waals surface area contributed by atoms with Crippen molar-refractivity contribution in [1.82, 2.24) is 0 Å². The summed E-state index contributed by atoms with van der Waals surface area (Å²) in [6, 6.07) is 13.7. The Bertz CT molecular complexity index is 783. The van der Waals surface area contributed by atoms with Crippen LogP contribution in [0, 0.1) is 0 Å². The molecule has 2 aromatic carbocycles. The van der Waals surface area contributed by atoms with Crippen LogP contribution in [0.2, 0.25) is 5.02 Å². The Morgan fingerprint density at radius 1 is 1.20 bits per heavy atom.